The highest BCUT2D eigenvalue weighted by atomic mass is 32.1. The average Bonchev–Trinajstić information content (AvgIpc) is 3.69. The van der Waals surface area contributed by atoms with Crippen LogP contribution in [0.15, 0.2) is 53.5 Å². The Labute approximate surface area is 292 Å². The molecule has 0 unspecified atom stereocenters. The molecule has 11 nitrogen and oxygen atoms in total. The first kappa shape index (κ1) is 35.3. The first-order valence-corrected chi connectivity index (χ1v) is 17.3. The van der Waals surface area contributed by atoms with Gasteiger partial charge in [0.25, 0.3) is 0 Å². The number of aryl methyl sites for hydroxylation is 2. The minimum atomic E-state index is -1.12. The molecule has 0 aliphatic carbocycles. The van der Waals surface area contributed by atoms with Crippen LogP contribution in [-0.2, 0) is 6.42 Å². The summed E-state index contributed by atoms with van der Waals surface area (Å²) >= 11 is 2.82. The molecule has 14 heteroatoms. The standard InChI is InChI=1S/C35H37FN8O3S2/c1-23-21-30(41-42-32(23)40-34-38-26-12-5-6-13-28(26)48-34)44(19-8-7-17-37-2)35-39-31(33(45)46)29(49-35)14-10-20-47-27-16-15-24(22-25(27)36)11-9-18-43(3)4/h5-6,12-13,15-17,21-22H,7-8,10,14,18-20H2,1-4H3,(H,45,46)(H,38,40,42). The van der Waals surface area contributed by atoms with E-state index in [1.165, 1.54) is 28.7 Å². The van der Waals surface area contributed by atoms with Crippen molar-refractivity contribution < 1.29 is 19.0 Å². The van der Waals surface area contributed by atoms with E-state index in [-0.39, 0.29) is 18.1 Å². The Morgan fingerprint density at radius 3 is 2.69 bits per heavy atom. The highest BCUT2D eigenvalue weighted by molar-refractivity contribution is 7.22. The summed E-state index contributed by atoms with van der Waals surface area (Å²) in [6.07, 6.45) is 4.16. The molecular formula is C35H37FN8O3S2. The molecule has 2 N–H and O–H groups in total. The topological polar surface area (TPSA) is 129 Å². The lowest BCUT2D eigenvalue weighted by Crippen LogP contribution is -2.21. The number of ether oxygens (including phenoxy) is 1. The van der Waals surface area contributed by atoms with Gasteiger partial charge in [-0.15, -0.1) is 21.5 Å². The van der Waals surface area contributed by atoms with E-state index < -0.39 is 11.8 Å². The molecule has 0 saturated heterocycles. The number of anilines is 4. The number of nitrogens with one attached hydrogen (secondary N) is 1. The SMILES string of the molecule is CN=CCCCN(c1cc(C)c(Nc2nc3ccccc3s2)nn1)c1nc(C(=O)O)c(CCCOc2ccc(C#CCN(C)C)cc2F)s1. The number of aromatic carboxylic acids is 1. The summed E-state index contributed by atoms with van der Waals surface area (Å²) in [5, 5.41) is 23.5. The summed E-state index contributed by atoms with van der Waals surface area (Å²) in [5.41, 5.74) is 2.30. The number of para-hydroxylation sites is 1. The Balaban J connectivity index is 1.29. The van der Waals surface area contributed by atoms with Crippen LogP contribution >= 0.6 is 22.7 Å². The van der Waals surface area contributed by atoms with Gasteiger partial charge in [-0.3, -0.25) is 4.90 Å². The van der Waals surface area contributed by atoms with Crippen molar-refractivity contribution in [2.24, 2.45) is 4.99 Å². The highest BCUT2D eigenvalue weighted by Crippen LogP contribution is 2.34. The van der Waals surface area contributed by atoms with Crippen LogP contribution in [0.2, 0.25) is 0 Å². The zero-order valence-electron chi connectivity index (χ0n) is 27.7. The molecule has 0 amide bonds. The van der Waals surface area contributed by atoms with E-state index >= 15 is 0 Å². The molecule has 0 saturated carbocycles. The lowest BCUT2D eigenvalue weighted by atomic mass is 10.2. The Hall–Kier alpha value is -4.97. The fourth-order valence-electron chi connectivity index (χ4n) is 4.73. The number of fused-ring (bicyclic) bond motifs is 1. The van der Waals surface area contributed by atoms with Crippen LogP contribution in [0, 0.1) is 24.6 Å². The van der Waals surface area contributed by atoms with Crippen LogP contribution in [0.3, 0.4) is 0 Å². The fourth-order valence-corrected chi connectivity index (χ4v) is 6.73. The molecule has 0 fully saturated rings. The largest absolute Gasteiger partial charge is 0.491 e. The summed E-state index contributed by atoms with van der Waals surface area (Å²) in [6, 6.07) is 14.4. The minimum Gasteiger partial charge on any atom is -0.491 e. The van der Waals surface area contributed by atoms with E-state index in [4.69, 9.17) is 4.74 Å². The number of aliphatic imine (C=N–C) groups is 1. The number of carboxylic acids is 1. The van der Waals surface area contributed by atoms with Gasteiger partial charge in [-0.2, -0.15) is 0 Å². The van der Waals surface area contributed by atoms with Crippen molar-refractivity contribution in [3.05, 3.63) is 76.0 Å². The molecule has 2 aromatic carbocycles. The van der Waals surface area contributed by atoms with Gasteiger partial charge in [0.2, 0.25) is 0 Å². The third-order valence-electron chi connectivity index (χ3n) is 7.15. The number of benzene rings is 2. The van der Waals surface area contributed by atoms with Crippen molar-refractivity contribution in [3.8, 4) is 17.6 Å². The molecule has 3 aromatic heterocycles. The predicted molar refractivity (Wildman–Crippen MR) is 195 cm³/mol. The third-order valence-corrected chi connectivity index (χ3v) is 9.24. The van der Waals surface area contributed by atoms with Crippen molar-refractivity contribution in [1.29, 1.82) is 0 Å². The molecule has 5 aromatic rings. The number of thiazole rings is 2. The van der Waals surface area contributed by atoms with Gasteiger partial charge in [-0.05, 0) is 94.9 Å². The second-order valence-corrected chi connectivity index (χ2v) is 13.4. The van der Waals surface area contributed by atoms with Gasteiger partial charge in [-0.1, -0.05) is 35.3 Å². The van der Waals surface area contributed by atoms with Crippen molar-refractivity contribution in [1.82, 2.24) is 25.1 Å². The Morgan fingerprint density at radius 1 is 1.12 bits per heavy atom. The van der Waals surface area contributed by atoms with E-state index in [9.17, 15) is 14.3 Å². The van der Waals surface area contributed by atoms with E-state index in [1.54, 1.807) is 19.2 Å². The number of carbonyl (C=O) groups is 1. The zero-order chi connectivity index (χ0) is 34.8. The van der Waals surface area contributed by atoms with Gasteiger partial charge in [-0.25, -0.2) is 19.2 Å². The van der Waals surface area contributed by atoms with Gasteiger partial charge < -0.3 is 25.1 Å². The normalized spacial score (nSPS) is 11.2. The monoisotopic (exact) mass is 700 g/mol. The van der Waals surface area contributed by atoms with Crippen molar-refractivity contribution >= 4 is 67.0 Å². The van der Waals surface area contributed by atoms with E-state index in [0.29, 0.717) is 58.3 Å². The molecule has 3 heterocycles. The maximum Gasteiger partial charge on any atom is 0.355 e. The fraction of sp³-hybridized carbons (Fsp3) is 0.314. The predicted octanol–water partition coefficient (Wildman–Crippen LogP) is 6.98. The second-order valence-electron chi connectivity index (χ2n) is 11.3. The maximum absolute atomic E-state index is 14.6. The van der Waals surface area contributed by atoms with Crippen LogP contribution in [0.25, 0.3) is 10.2 Å². The number of hydrogen-bond donors (Lipinski definition) is 2. The first-order valence-electron chi connectivity index (χ1n) is 15.7. The molecule has 0 atom stereocenters. The first-order chi connectivity index (χ1) is 23.7. The lowest BCUT2D eigenvalue weighted by Gasteiger charge is -2.21. The quantitative estimate of drug-likeness (QED) is 0.0671. The van der Waals surface area contributed by atoms with Gasteiger partial charge >= 0.3 is 5.97 Å². The molecule has 5 rings (SSSR count). The molecule has 0 radical (unpaired) electrons. The summed E-state index contributed by atoms with van der Waals surface area (Å²) in [5.74, 6) is 5.56. The highest BCUT2D eigenvalue weighted by Gasteiger charge is 2.23. The second kappa shape index (κ2) is 16.9. The molecule has 0 spiro atoms. The molecule has 0 bridgehead atoms. The zero-order valence-corrected chi connectivity index (χ0v) is 29.4. The Bertz CT molecular complexity index is 1970. The van der Waals surface area contributed by atoms with Crippen molar-refractivity contribution in [2.45, 2.75) is 32.6 Å². The summed E-state index contributed by atoms with van der Waals surface area (Å²) < 4.78 is 21.4. The molecule has 0 aliphatic rings. The number of aromatic nitrogens is 4. The van der Waals surface area contributed by atoms with E-state index in [2.05, 4.69) is 42.3 Å². The molecule has 254 valence electrons. The van der Waals surface area contributed by atoms with Gasteiger partial charge in [0.05, 0.1) is 23.4 Å². The van der Waals surface area contributed by atoms with Crippen LogP contribution in [-0.4, -0.2) is 83.2 Å². The average molecular weight is 701 g/mol. The molecule has 0 aliphatic heterocycles. The van der Waals surface area contributed by atoms with Crippen LogP contribution < -0.4 is 15.0 Å². The summed E-state index contributed by atoms with van der Waals surface area (Å²) in [4.78, 5) is 29.9. The molecule has 49 heavy (non-hydrogen) atoms. The van der Waals surface area contributed by atoms with Gasteiger partial charge in [0.1, 0.15) is 0 Å². The van der Waals surface area contributed by atoms with Crippen molar-refractivity contribution in [2.75, 3.05) is 51.1 Å². The molecular weight excluding hydrogens is 664 g/mol. The smallest absolute Gasteiger partial charge is 0.355 e. The number of hydrogen-bond acceptors (Lipinski definition) is 12. The van der Waals surface area contributed by atoms with E-state index in [0.717, 1.165) is 28.6 Å². The number of carboxylic acid groups (broad SMARTS) is 1. The minimum absolute atomic E-state index is 0.0224. The lowest BCUT2D eigenvalue weighted by molar-refractivity contribution is 0.0690. The van der Waals surface area contributed by atoms with Gasteiger partial charge in [0.15, 0.2) is 39.2 Å². The van der Waals surface area contributed by atoms with Crippen molar-refractivity contribution in [3.63, 3.8) is 0 Å². The van der Waals surface area contributed by atoms with Crippen LogP contribution in [0.4, 0.5) is 26.3 Å². The third kappa shape index (κ3) is 9.56. The van der Waals surface area contributed by atoms with Gasteiger partial charge in [0, 0.05) is 24.0 Å². The summed E-state index contributed by atoms with van der Waals surface area (Å²) in [6.45, 7) is 3.23. The van der Waals surface area contributed by atoms with Crippen LogP contribution in [0.5, 0.6) is 5.75 Å². The van der Waals surface area contributed by atoms with E-state index in [1.807, 2.05) is 67.4 Å². The van der Waals surface area contributed by atoms with Crippen LogP contribution in [0.1, 0.15) is 45.8 Å². The number of rotatable bonds is 15. The number of nitrogens with zero attached hydrogens (tertiary/aromatic N) is 7. The Morgan fingerprint density at radius 2 is 1.96 bits per heavy atom. The Kier molecular flexibility index (Phi) is 12.2. The number of halogens is 1. The number of unbranched alkanes of at least 4 members (excludes halogenated alkanes) is 1. The maximum atomic E-state index is 14.6. The summed E-state index contributed by atoms with van der Waals surface area (Å²) in [7, 11) is 5.56.